The molecule has 0 bridgehead atoms. The normalized spacial score (nSPS) is 10.3. The fourth-order valence-corrected chi connectivity index (χ4v) is 1.95. The van der Waals surface area contributed by atoms with Gasteiger partial charge < -0.3 is 9.84 Å². The van der Waals surface area contributed by atoms with E-state index in [4.69, 9.17) is 21.4 Å². The molecular weight excluding hydrogens is 264 g/mol. The first kappa shape index (κ1) is 13.6. The van der Waals surface area contributed by atoms with E-state index in [1.54, 1.807) is 42.5 Å². The third-order valence-corrected chi connectivity index (χ3v) is 2.97. The van der Waals surface area contributed by atoms with Gasteiger partial charge in [-0.15, -0.1) is 0 Å². The second kappa shape index (κ2) is 5.87. The number of aliphatic hydroxyl groups is 1. The molecule has 0 saturated carbocycles. The maximum absolute atomic E-state index is 11.3. The van der Waals surface area contributed by atoms with Crippen molar-refractivity contribution >= 4 is 17.4 Å². The quantitative estimate of drug-likeness (QED) is 0.864. The molecule has 0 heterocycles. The Morgan fingerprint density at radius 3 is 2.32 bits per heavy atom. The van der Waals surface area contributed by atoms with E-state index in [0.717, 1.165) is 5.56 Å². The van der Waals surface area contributed by atoms with E-state index in [9.17, 15) is 4.79 Å². The van der Waals surface area contributed by atoms with Crippen LogP contribution >= 0.6 is 11.6 Å². The van der Waals surface area contributed by atoms with Gasteiger partial charge in [-0.25, -0.2) is 0 Å². The second-order valence-electron chi connectivity index (χ2n) is 4.10. The molecule has 0 spiro atoms. The van der Waals surface area contributed by atoms with Crippen molar-refractivity contribution in [1.29, 1.82) is 0 Å². The molecular formula is C15H13ClO3. The molecule has 0 radical (unpaired) electrons. The smallest absolute Gasteiger partial charge is 0.161 e. The van der Waals surface area contributed by atoms with Crippen LogP contribution in [0.3, 0.4) is 0 Å². The maximum atomic E-state index is 11.3. The van der Waals surface area contributed by atoms with E-state index in [0.29, 0.717) is 22.1 Å². The minimum atomic E-state index is -0.0798. The number of benzene rings is 2. The number of halogens is 1. The first-order valence-electron chi connectivity index (χ1n) is 5.78. The maximum Gasteiger partial charge on any atom is 0.161 e. The predicted octanol–water partition coefficient (Wildman–Crippen LogP) is 3.83. The van der Waals surface area contributed by atoms with E-state index >= 15 is 0 Å². The first-order valence-corrected chi connectivity index (χ1v) is 6.16. The van der Waals surface area contributed by atoms with E-state index in [1.165, 1.54) is 6.92 Å². The molecule has 0 aromatic heterocycles. The van der Waals surface area contributed by atoms with E-state index in [-0.39, 0.29) is 12.4 Å². The average Bonchev–Trinajstić information content (AvgIpc) is 2.39. The summed E-state index contributed by atoms with van der Waals surface area (Å²) in [4.78, 5) is 11.3. The Morgan fingerprint density at radius 1 is 1.16 bits per heavy atom. The number of aliphatic hydroxyl groups excluding tert-OH is 1. The molecule has 0 aliphatic heterocycles. The number of hydrogen-bond donors (Lipinski definition) is 1. The van der Waals surface area contributed by atoms with Crippen LogP contribution in [-0.2, 0) is 6.61 Å². The molecule has 98 valence electrons. The van der Waals surface area contributed by atoms with Gasteiger partial charge >= 0.3 is 0 Å². The number of hydrogen-bond acceptors (Lipinski definition) is 3. The van der Waals surface area contributed by atoms with Crippen LogP contribution in [0.2, 0.25) is 5.02 Å². The van der Waals surface area contributed by atoms with E-state index in [2.05, 4.69) is 0 Å². The van der Waals surface area contributed by atoms with Crippen LogP contribution in [0.15, 0.2) is 42.5 Å². The van der Waals surface area contributed by atoms with Crippen molar-refractivity contribution in [3.63, 3.8) is 0 Å². The number of Topliss-reactive ketones (excluding diaryl/α,β-unsaturated/α-hetero) is 1. The molecule has 0 amide bonds. The molecule has 1 N–H and O–H groups in total. The van der Waals surface area contributed by atoms with Gasteiger partial charge in [-0.1, -0.05) is 23.7 Å². The lowest BCUT2D eigenvalue weighted by Crippen LogP contribution is -1.94. The zero-order chi connectivity index (χ0) is 13.8. The highest BCUT2D eigenvalue weighted by Crippen LogP contribution is 2.27. The summed E-state index contributed by atoms with van der Waals surface area (Å²) in [6, 6.07) is 12.0. The number of carbonyl (C=O) groups is 1. The minimum absolute atomic E-state index is 0.000579. The van der Waals surface area contributed by atoms with Gasteiger partial charge in [0.15, 0.2) is 5.78 Å². The Labute approximate surface area is 116 Å². The zero-order valence-electron chi connectivity index (χ0n) is 10.4. The van der Waals surface area contributed by atoms with Gasteiger partial charge in [0.05, 0.1) is 11.6 Å². The Bertz CT molecular complexity index is 591. The summed E-state index contributed by atoms with van der Waals surface area (Å²) in [5.41, 5.74) is 1.29. The summed E-state index contributed by atoms with van der Waals surface area (Å²) in [5.74, 6) is 1.12. The topological polar surface area (TPSA) is 46.5 Å². The number of ketones is 1. The lowest BCUT2D eigenvalue weighted by molar-refractivity contribution is 0.101. The van der Waals surface area contributed by atoms with Crippen LogP contribution < -0.4 is 4.74 Å². The van der Waals surface area contributed by atoms with Gasteiger partial charge in [0.25, 0.3) is 0 Å². The lowest BCUT2D eigenvalue weighted by Gasteiger charge is -2.08. The molecule has 0 aliphatic rings. The third kappa shape index (κ3) is 3.34. The van der Waals surface area contributed by atoms with Gasteiger partial charge in [-0.05, 0) is 36.8 Å². The Hall–Kier alpha value is -1.84. The number of ether oxygens (including phenoxy) is 1. The largest absolute Gasteiger partial charge is 0.457 e. The molecule has 0 atom stereocenters. The summed E-state index contributed by atoms with van der Waals surface area (Å²) in [6.07, 6.45) is 0. The monoisotopic (exact) mass is 276 g/mol. The molecule has 2 rings (SSSR count). The Morgan fingerprint density at radius 2 is 1.79 bits per heavy atom. The molecule has 19 heavy (non-hydrogen) atoms. The van der Waals surface area contributed by atoms with Crippen LogP contribution in [0, 0.1) is 0 Å². The molecule has 3 nitrogen and oxygen atoms in total. The molecule has 0 fully saturated rings. The molecule has 0 unspecified atom stereocenters. The SMILES string of the molecule is CC(=O)c1ccc(Oc2ccc(CO)cc2)cc1Cl. The number of rotatable bonds is 4. The van der Waals surface area contributed by atoms with E-state index < -0.39 is 0 Å². The zero-order valence-corrected chi connectivity index (χ0v) is 11.1. The summed E-state index contributed by atoms with van der Waals surface area (Å²) < 4.78 is 5.62. The summed E-state index contributed by atoms with van der Waals surface area (Å²) in [6.45, 7) is 1.47. The number of carbonyl (C=O) groups excluding carboxylic acids is 1. The van der Waals surface area contributed by atoms with Crippen molar-refractivity contribution in [2.24, 2.45) is 0 Å². The fourth-order valence-electron chi connectivity index (χ4n) is 1.64. The highest BCUT2D eigenvalue weighted by molar-refractivity contribution is 6.34. The van der Waals surface area contributed by atoms with Crippen LogP contribution in [0.5, 0.6) is 11.5 Å². The van der Waals surface area contributed by atoms with Crippen molar-refractivity contribution in [3.05, 3.63) is 58.6 Å². The van der Waals surface area contributed by atoms with Crippen molar-refractivity contribution in [2.75, 3.05) is 0 Å². The third-order valence-electron chi connectivity index (χ3n) is 2.66. The van der Waals surface area contributed by atoms with Crippen LogP contribution in [0.4, 0.5) is 0 Å². The van der Waals surface area contributed by atoms with Gasteiger partial charge in [-0.3, -0.25) is 4.79 Å². The molecule has 0 aliphatic carbocycles. The molecule has 2 aromatic carbocycles. The van der Waals surface area contributed by atoms with Crippen LogP contribution in [0.1, 0.15) is 22.8 Å². The second-order valence-corrected chi connectivity index (χ2v) is 4.51. The predicted molar refractivity (Wildman–Crippen MR) is 73.9 cm³/mol. The summed E-state index contributed by atoms with van der Waals surface area (Å²) >= 11 is 6.00. The molecule has 0 saturated heterocycles. The Kier molecular flexibility index (Phi) is 4.20. The first-order chi connectivity index (χ1) is 9.10. The van der Waals surface area contributed by atoms with Gasteiger partial charge in [0.2, 0.25) is 0 Å². The van der Waals surface area contributed by atoms with Crippen molar-refractivity contribution in [1.82, 2.24) is 0 Å². The van der Waals surface area contributed by atoms with Gasteiger partial charge in [0, 0.05) is 11.6 Å². The highest BCUT2D eigenvalue weighted by Gasteiger charge is 2.07. The fraction of sp³-hybridized carbons (Fsp3) is 0.133. The lowest BCUT2D eigenvalue weighted by atomic mass is 10.1. The molecule has 2 aromatic rings. The van der Waals surface area contributed by atoms with Crippen molar-refractivity contribution in [2.45, 2.75) is 13.5 Å². The molecule has 4 heteroatoms. The minimum Gasteiger partial charge on any atom is -0.457 e. The summed E-state index contributed by atoms with van der Waals surface area (Å²) in [7, 11) is 0. The summed E-state index contributed by atoms with van der Waals surface area (Å²) in [5, 5.41) is 9.32. The Balaban J connectivity index is 2.18. The standard InChI is InChI=1S/C15H13ClO3/c1-10(18)14-7-6-13(8-15(14)16)19-12-4-2-11(9-17)3-5-12/h2-8,17H,9H2,1H3. The highest BCUT2D eigenvalue weighted by atomic mass is 35.5. The van der Waals surface area contributed by atoms with Gasteiger partial charge in [0.1, 0.15) is 11.5 Å². The van der Waals surface area contributed by atoms with Crippen molar-refractivity contribution < 1.29 is 14.6 Å². The average molecular weight is 277 g/mol. The van der Waals surface area contributed by atoms with E-state index in [1.807, 2.05) is 0 Å². The van der Waals surface area contributed by atoms with Crippen LogP contribution in [0.25, 0.3) is 0 Å². The van der Waals surface area contributed by atoms with Gasteiger partial charge in [-0.2, -0.15) is 0 Å². The van der Waals surface area contributed by atoms with Crippen LogP contribution in [-0.4, -0.2) is 10.9 Å². The van der Waals surface area contributed by atoms with Crippen molar-refractivity contribution in [3.8, 4) is 11.5 Å².